The predicted molar refractivity (Wildman–Crippen MR) is 112 cm³/mol. The zero-order valence-electron chi connectivity index (χ0n) is 15.2. The molecule has 0 bridgehead atoms. The maximum atomic E-state index is 5.91. The quantitative estimate of drug-likeness (QED) is 0.426. The Morgan fingerprint density at radius 3 is 2.68 bits per heavy atom. The molecule has 0 atom stereocenters. The Morgan fingerprint density at radius 1 is 1.04 bits per heavy atom. The summed E-state index contributed by atoms with van der Waals surface area (Å²) in [7, 11) is 1.62. The van der Waals surface area contributed by atoms with E-state index in [1.807, 2.05) is 66.7 Å². The molecule has 3 aromatic carbocycles. The van der Waals surface area contributed by atoms with Crippen molar-refractivity contribution in [3.63, 3.8) is 0 Å². The van der Waals surface area contributed by atoms with Crippen molar-refractivity contribution in [3.8, 4) is 11.5 Å². The Morgan fingerprint density at radius 2 is 1.86 bits per heavy atom. The first-order valence-electron chi connectivity index (χ1n) is 8.74. The number of rotatable bonds is 6. The molecule has 0 aliphatic rings. The zero-order valence-corrected chi connectivity index (χ0v) is 16.0. The fourth-order valence-corrected chi connectivity index (χ4v) is 2.92. The van der Waals surface area contributed by atoms with Crippen LogP contribution in [0.15, 0.2) is 78.2 Å². The maximum absolute atomic E-state index is 5.91. The molecular formula is C22H18ClN3O2. The van der Waals surface area contributed by atoms with Crippen molar-refractivity contribution in [2.75, 3.05) is 7.11 Å². The van der Waals surface area contributed by atoms with Gasteiger partial charge in [0, 0.05) is 5.02 Å². The van der Waals surface area contributed by atoms with Crippen LogP contribution in [0.1, 0.15) is 11.1 Å². The van der Waals surface area contributed by atoms with Gasteiger partial charge in [0.2, 0.25) is 0 Å². The largest absolute Gasteiger partial charge is 0.493 e. The van der Waals surface area contributed by atoms with E-state index < -0.39 is 0 Å². The third-order valence-electron chi connectivity index (χ3n) is 4.26. The van der Waals surface area contributed by atoms with Gasteiger partial charge in [-0.05, 0) is 53.6 Å². The van der Waals surface area contributed by atoms with E-state index in [0.717, 1.165) is 22.2 Å². The van der Waals surface area contributed by atoms with Gasteiger partial charge in [-0.3, -0.25) is 0 Å². The smallest absolute Gasteiger partial charge is 0.161 e. The van der Waals surface area contributed by atoms with E-state index in [1.165, 1.54) is 0 Å². The Balaban J connectivity index is 1.50. The van der Waals surface area contributed by atoms with Gasteiger partial charge in [0.1, 0.15) is 12.9 Å². The second-order valence-corrected chi connectivity index (χ2v) is 6.58. The lowest BCUT2D eigenvalue weighted by atomic mass is 10.2. The topological polar surface area (TPSA) is 48.6 Å². The van der Waals surface area contributed by atoms with Gasteiger partial charge in [0.05, 0.1) is 24.4 Å². The molecule has 140 valence electrons. The number of hydrogen-bond acceptors (Lipinski definition) is 4. The van der Waals surface area contributed by atoms with Crippen molar-refractivity contribution < 1.29 is 9.47 Å². The predicted octanol–water partition coefficient (Wildman–Crippen LogP) is 5.16. The summed E-state index contributed by atoms with van der Waals surface area (Å²) >= 11 is 5.91. The minimum atomic E-state index is 0.433. The van der Waals surface area contributed by atoms with Crippen LogP contribution >= 0.6 is 11.6 Å². The van der Waals surface area contributed by atoms with Crippen LogP contribution in [0.3, 0.4) is 0 Å². The molecule has 0 radical (unpaired) electrons. The van der Waals surface area contributed by atoms with Gasteiger partial charge >= 0.3 is 0 Å². The molecule has 0 unspecified atom stereocenters. The van der Waals surface area contributed by atoms with Gasteiger partial charge in [0.15, 0.2) is 11.5 Å². The van der Waals surface area contributed by atoms with Crippen LogP contribution in [0.4, 0.5) is 0 Å². The number of nitrogens with zero attached hydrogens (tertiary/aromatic N) is 3. The summed E-state index contributed by atoms with van der Waals surface area (Å²) in [5.74, 6) is 1.32. The van der Waals surface area contributed by atoms with Crippen LogP contribution in [0.5, 0.6) is 11.5 Å². The fourth-order valence-electron chi connectivity index (χ4n) is 2.79. The Bertz CT molecular complexity index is 1120. The molecule has 4 aromatic rings. The number of benzene rings is 3. The van der Waals surface area contributed by atoms with Crippen LogP contribution in [0, 0.1) is 0 Å². The molecule has 5 nitrogen and oxygen atoms in total. The Kier molecular flexibility index (Phi) is 5.26. The third kappa shape index (κ3) is 4.00. The molecule has 1 aromatic heterocycles. The first-order valence-corrected chi connectivity index (χ1v) is 9.12. The monoisotopic (exact) mass is 391 g/mol. The van der Waals surface area contributed by atoms with Gasteiger partial charge in [-0.1, -0.05) is 35.9 Å². The van der Waals surface area contributed by atoms with Crippen molar-refractivity contribution in [1.82, 2.24) is 9.66 Å². The minimum absolute atomic E-state index is 0.433. The fraction of sp³-hybridized carbons (Fsp3) is 0.0909. The molecule has 28 heavy (non-hydrogen) atoms. The highest BCUT2D eigenvalue weighted by molar-refractivity contribution is 6.30. The van der Waals surface area contributed by atoms with Crippen molar-refractivity contribution in [2.45, 2.75) is 6.61 Å². The number of ether oxygens (including phenoxy) is 2. The first-order chi connectivity index (χ1) is 13.7. The number of para-hydroxylation sites is 2. The summed E-state index contributed by atoms with van der Waals surface area (Å²) in [5.41, 5.74) is 3.79. The molecule has 1 heterocycles. The number of halogens is 1. The van der Waals surface area contributed by atoms with Crippen LogP contribution in [0.25, 0.3) is 11.0 Å². The molecule has 0 aliphatic carbocycles. The van der Waals surface area contributed by atoms with E-state index in [-0.39, 0.29) is 0 Å². The lowest BCUT2D eigenvalue weighted by Crippen LogP contribution is -1.98. The minimum Gasteiger partial charge on any atom is -0.493 e. The molecule has 0 spiro atoms. The summed E-state index contributed by atoms with van der Waals surface area (Å²) in [5, 5.41) is 5.20. The molecule has 0 aliphatic heterocycles. The highest BCUT2D eigenvalue weighted by Gasteiger charge is 2.06. The van der Waals surface area contributed by atoms with Crippen molar-refractivity contribution >= 4 is 28.8 Å². The van der Waals surface area contributed by atoms with Crippen molar-refractivity contribution in [3.05, 3.63) is 89.2 Å². The first kappa shape index (κ1) is 18.1. The van der Waals surface area contributed by atoms with Crippen LogP contribution in [0.2, 0.25) is 5.02 Å². The molecule has 0 fully saturated rings. The molecule has 4 rings (SSSR count). The van der Waals surface area contributed by atoms with E-state index >= 15 is 0 Å². The van der Waals surface area contributed by atoms with Crippen molar-refractivity contribution in [2.24, 2.45) is 5.10 Å². The zero-order chi connectivity index (χ0) is 19.3. The lowest BCUT2D eigenvalue weighted by Gasteiger charge is -2.11. The molecule has 6 heteroatoms. The van der Waals surface area contributed by atoms with Gasteiger partial charge < -0.3 is 9.47 Å². The summed E-state index contributed by atoms with van der Waals surface area (Å²) in [6.45, 7) is 0.433. The average Bonchev–Trinajstić information content (AvgIpc) is 3.15. The number of fused-ring (bicyclic) bond motifs is 1. The van der Waals surface area contributed by atoms with Crippen LogP contribution in [-0.2, 0) is 6.61 Å². The van der Waals surface area contributed by atoms with E-state index in [0.29, 0.717) is 23.1 Å². The second-order valence-electron chi connectivity index (χ2n) is 6.15. The number of aromatic nitrogens is 2. The third-order valence-corrected chi connectivity index (χ3v) is 4.51. The number of hydrogen-bond donors (Lipinski definition) is 0. The lowest BCUT2D eigenvalue weighted by molar-refractivity contribution is 0.284. The normalized spacial score (nSPS) is 11.2. The molecule has 0 saturated carbocycles. The molecule has 0 amide bonds. The van der Waals surface area contributed by atoms with Gasteiger partial charge in [-0.25, -0.2) is 9.66 Å². The summed E-state index contributed by atoms with van der Waals surface area (Å²) < 4.78 is 13.1. The summed E-state index contributed by atoms with van der Waals surface area (Å²) in [6.07, 6.45) is 3.46. The van der Waals surface area contributed by atoms with Gasteiger partial charge in [-0.15, -0.1) is 0 Å². The van der Waals surface area contributed by atoms with Gasteiger partial charge in [-0.2, -0.15) is 5.10 Å². The summed E-state index contributed by atoms with van der Waals surface area (Å²) in [4.78, 5) is 4.33. The Hall–Kier alpha value is -3.31. The van der Waals surface area contributed by atoms with Crippen LogP contribution < -0.4 is 9.47 Å². The highest BCUT2D eigenvalue weighted by atomic mass is 35.5. The van der Waals surface area contributed by atoms with Gasteiger partial charge in [0.25, 0.3) is 0 Å². The molecule has 0 saturated heterocycles. The standard InChI is InChI=1S/C22H18ClN3O2/c1-27-22-12-17(13-25-26-15-24-19-4-2-3-5-20(19)26)8-11-21(22)28-14-16-6-9-18(23)10-7-16/h2-13,15H,14H2,1H3/b25-13-. The van der Waals surface area contributed by atoms with E-state index in [2.05, 4.69) is 10.1 Å². The number of imidazole rings is 1. The molecule has 0 N–H and O–H groups in total. The molecular weight excluding hydrogens is 374 g/mol. The maximum Gasteiger partial charge on any atom is 0.161 e. The summed E-state index contributed by atoms with van der Waals surface area (Å²) in [6, 6.07) is 21.1. The number of methoxy groups -OCH3 is 1. The van der Waals surface area contributed by atoms with Crippen molar-refractivity contribution in [1.29, 1.82) is 0 Å². The van der Waals surface area contributed by atoms with E-state index in [4.69, 9.17) is 21.1 Å². The van der Waals surface area contributed by atoms with Crippen LogP contribution in [-0.4, -0.2) is 23.0 Å². The SMILES string of the molecule is COc1cc(/C=N\n2cnc3ccccc32)ccc1OCc1ccc(Cl)cc1. The second kappa shape index (κ2) is 8.15. The van der Waals surface area contributed by atoms with E-state index in [1.54, 1.807) is 24.3 Å². The highest BCUT2D eigenvalue weighted by Crippen LogP contribution is 2.28. The van der Waals surface area contributed by atoms with E-state index in [9.17, 15) is 0 Å². The Labute approximate surface area is 167 Å². The average molecular weight is 392 g/mol.